The lowest BCUT2D eigenvalue weighted by Crippen LogP contribution is -2.33. The SMILES string of the molecule is CC(C)[C@@H](NC(=O)CSc1nnc(NC2CC2)s1)c1ccc2c(c1)OCCCO2. The summed E-state index contributed by atoms with van der Waals surface area (Å²) < 4.78 is 12.3. The van der Waals surface area contributed by atoms with Crippen LogP contribution in [0.1, 0.15) is 44.7 Å². The van der Waals surface area contributed by atoms with Gasteiger partial charge < -0.3 is 20.1 Å². The summed E-state index contributed by atoms with van der Waals surface area (Å²) in [5, 5.41) is 15.6. The molecule has 1 aromatic heterocycles. The van der Waals surface area contributed by atoms with Crippen LogP contribution in [-0.4, -0.2) is 41.1 Å². The predicted octanol–water partition coefficient (Wildman–Crippen LogP) is 3.88. The van der Waals surface area contributed by atoms with Crippen molar-refractivity contribution in [3.8, 4) is 11.5 Å². The van der Waals surface area contributed by atoms with E-state index < -0.39 is 0 Å². The molecule has 1 aromatic carbocycles. The van der Waals surface area contributed by atoms with Gasteiger partial charge in [-0.05, 0) is 36.5 Å². The molecule has 0 bridgehead atoms. The number of nitrogens with one attached hydrogen (secondary N) is 2. The number of carbonyl (C=O) groups excluding carboxylic acids is 1. The molecule has 0 spiro atoms. The van der Waals surface area contributed by atoms with Gasteiger partial charge in [-0.2, -0.15) is 0 Å². The molecule has 1 aliphatic carbocycles. The number of fused-ring (bicyclic) bond motifs is 1. The van der Waals surface area contributed by atoms with Gasteiger partial charge in [0.1, 0.15) is 0 Å². The molecule has 1 saturated carbocycles. The summed E-state index contributed by atoms with van der Waals surface area (Å²) in [5.41, 5.74) is 1.02. The van der Waals surface area contributed by atoms with Crippen LogP contribution in [-0.2, 0) is 4.79 Å². The van der Waals surface area contributed by atoms with E-state index in [1.54, 1.807) is 0 Å². The number of hydrogen-bond donors (Lipinski definition) is 2. The van der Waals surface area contributed by atoms with Gasteiger partial charge in [0, 0.05) is 12.5 Å². The molecule has 1 fully saturated rings. The lowest BCUT2D eigenvalue weighted by molar-refractivity contribution is -0.119. The van der Waals surface area contributed by atoms with Crippen molar-refractivity contribution in [2.75, 3.05) is 24.3 Å². The van der Waals surface area contributed by atoms with Gasteiger partial charge in [-0.15, -0.1) is 10.2 Å². The molecule has 4 rings (SSSR count). The molecule has 1 amide bonds. The average molecular weight is 435 g/mol. The highest BCUT2D eigenvalue weighted by Gasteiger charge is 2.23. The van der Waals surface area contributed by atoms with Gasteiger partial charge in [0.15, 0.2) is 15.8 Å². The van der Waals surface area contributed by atoms with E-state index in [1.165, 1.54) is 35.9 Å². The van der Waals surface area contributed by atoms with Crippen molar-refractivity contribution in [3.05, 3.63) is 23.8 Å². The fourth-order valence-electron chi connectivity index (χ4n) is 3.08. The minimum atomic E-state index is -0.0956. The molecular formula is C20H26N4O3S2. The van der Waals surface area contributed by atoms with Gasteiger partial charge in [-0.25, -0.2) is 0 Å². The first kappa shape index (κ1) is 20.3. The summed E-state index contributed by atoms with van der Waals surface area (Å²) in [5.74, 6) is 2.05. The van der Waals surface area contributed by atoms with E-state index in [0.29, 0.717) is 25.0 Å². The molecule has 0 radical (unpaired) electrons. The number of hydrogen-bond acceptors (Lipinski definition) is 8. The zero-order valence-electron chi connectivity index (χ0n) is 16.6. The third-order valence-corrected chi connectivity index (χ3v) is 6.74. The smallest absolute Gasteiger partial charge is 0.230 e. The first-order chi connectivity index (χ1) is 14.1. The molecule has 2 N–H and O–H groups in total. The van der Waals surface area contributed by atoms with Gasteiger partial charge in [0.25, 0.3) is 0 Å². The Bertz CT molecular complexity index is 854. The summed E-state index contributed by atoms with van der Waals surface area (Å²) >= 11 is 2.92. The molecule has 0 unspecified atom stereocenters. The van der Waals surface area contributed by atoms with E-state index in [2.05, 4.69) is 34.7 Å². The van der Waals surface area contributed by atoms with E-state index in [-0.39, 0.29) is 17.9 Å². The summed E-state index contributed by atoms with van der Waals surface area (Å²) in [6, 6.07) is 6.38. The maximum absolute atomic E-state index is 12.6. The molecule has 2 heterocycles. The lowest BCUT2D eigenvalue weighted by Gasteiger charge is -2.23. The van der Waals surface area contributed by atoms with Gasteiger partial charge >= 0.3 is 0 Å². The van der Waals surface area contributed by atoms with Crippen LogP contribution in [0, 0.1) is 5.92 Å². The van der Waals surface area contributed by atoms with Crippen LogP contribution in [0.4, 0.5) is 5.13 Å². The molecule has 9 heteroatoms. The Balaban J connectivity index is 1.35. The van der Waals surface area contributed by atoms with Crippen molar-refractivity contribution < 1.29 is 14.3 Å². The third kappa shape index (κ3) is 5.54. The van der Waals surface area contributed by atoms with Crippen LogP contribution < -0.4 is 20.1 Å². The van der Waals surface area contributed by atoms with Gasteiger partial charge in [-0.1, -0.05) is 43.0 Å². The zero-order chi connectivity index (χ0) is 20.2. The molecule has 0 saturated heterocycles. The molecular weight excluding hydrogens is 408 g/mol. The number of rotatable bonds is 8. The van der Waals surface area contributed by atoms with E-state index in [1.807, 2.05) is 18.2 Å². The van der Waals surface area contributed by atoms with E-state index >= 15 is 0 Å². The molecule has 1 atom stereocenters. The average Bonchev–Trinajstić information content (AvgIpc) is 3.45. The number of benzene rings is 1. The van der Waals surface area contributed by atoms with Crippen LogP contribution in [0.25, 0.3) is 0 Å². The summed E-state index contributed by atoms with van der Waals surface area (Å²) in [4.78, 5) is 12.6. The molecule has 156 valence electrons. The van der Waals surface area contributed by atoms with Crippen molar-refractivity contribution in [3.63, 3.8) is 0 Å². The second-order valence-corrected chi connectivity index (χ2v) is 9.83. The Morgan fingerprint density at radius 1 is 1.24 bits per heavy atom. The number of ether oxygens (including phenoxy) is 2. The maximum Gasteiger partial charge on any atom is 0.230 e. The topological polar surface area (TPSA) is 85.4 Å². The van der Waals surface area contributed by atoms with Crippen molar-refractivity contribution in [1.29, 1.82) is 0 Å². The number of amides is 1. The fraction of sp³-hybridized carbons (Fsp3) is 0.550. The van der Waals surface area contributed by atoms with E-state index in [4.69, 9.17) is 9.47 Å². The van der Waals surface area contributed by atoms with E-state index in [9.17, 15) is 4.79 Å². The highest BCUT2D eigenvalue weighted by atomic mass is 32.2. The standard InChI is InChI=1S/C20H26N4O3S2/c1-12(2)18(13-4-7-15-16(10-13)27-9-3-8-26-15)22-17(25)11-28-20-24-23-19(29-20)21-14-5-6-14/h4,7,10,12,14,18H,3,5-6,8-9,11H2,1-2H3,(H,21,23)(H,22,25)/t18-/m1/s1. The van der Waals surface area contributed by atoms with Crippen molar-refractivity contribution in [2.24, 2.45) is 5.92 Å². The van der Waals surface area contributed by atoms with Gasteiger partial charge in [0.2, 0.25) is 11.0 Å². The lowest BCUT2D eigenvalue weighted by atomic mass is 9.95. The van der Waals surface area contributed by atoms with E-state index in [0.717, 1.165) is 33.0 Å². The van der Waals surface area contributed by atoms with Crippen LogP contribution in [0.2, 0.25) is 0 Å². The Hall–Kier alpha value is -2.00. The predicted molar refractivity (Wildman–Crippen MR) is 115 cm³/mol. The Morgan fingerprint density at radius 3 is 2.79 bits per heavy atom. The highest BCUT2D eigenvalue weighted by molar-refractivity contribution is 8.01. The highest BCUT2D eigenvalue weighted by Crippen LogP contribution is 2.34. The number of nitrogens with zero attached hydrogens (tertiary/aromatic N) is 2. The fourth-order valence-corrected chi connectivity index (χ4v) is 4.72. The molecule has 7 nitrogen and oxygen atoms in total. The van der Waals surface area contributed by atoms with Gasteiger partial charge in [-0.3, -0.25) is 4.79 Å². The quantitative estimate of drug-likeness (QED) is 0.610. The number of anilines is 1. The zero-order valence-corrected chi connectivity index (χ0v) is 18.3. The summed E-state index contributed by atoms with van der Waals surface area (Å²) in [7, 11) is 0. The van der Waals surface area contributed by atoms with Crippen molar-refractivity contribution >= 4 is 34.1 Å². The molecule has 29 heavy (non-hydrogen) atoms. The van der Waals surface area contributed by atoms with Crippen LogP contribution in [0.5, 0.6) is 11.5 Å². The normalized spacial score (nSPS) is 16.9. The second kappa shape index (κ2) is 9.21. The van der Waals surface area contributed by atoms with Crippen LogP contribution in [0.3, 0.4) is 0 Å². The minimum Gasteiger partial charge on any atom is -0.490 e. The van der Waals surface area contributed by atoms with Crippen molar-refractivity contribution in [1.82, 2.24) is 15.5 Å². The minimum absolute atomic E-state index is 0.0206. The summed E-state index contributed by atoms with van der Waals surface area (Å²) in [6.07, 6.45) is 3.26. The maximum atomic E-state index is 12.6. The second-order valence-electron chi connectivity index (χ2n) is 7.63. The Kier molecular flexibility index (Phi) is 6.44. The van der Waals surface area contributed by atoms with Gasteiger partial charge in [0.05, 0.1) is 25.0 Å². The van der Waals surface area contributed by atoms with Crippen molar-refractivity contribution in [2.45, 2.75) is 49.5 Å². The molecule has 1 aliphatic heterocycles. The molecule has 2 aromatic rings. The summed E-state index contributed by atoms with van der Waals surface area (Å²) in [6.45, 7) is 5.51. The largest absolute Gasteiger partial charge is 0.490 e. The number of thioether (sulfide) groups is 1. The Labute approximate surface area is 179 Å². The third-order valence-electron chi connectivity index (χ3n) is 4.75. The Morgan fingerprint density at radius 2 is 2.03 bits per heavy atom. The monoisotopic (exact) mass is 434 g/mol. The molecule has 2 aliphatic rings. The number of aromatic nitrogens is 2. The van der Waals surface area contributed by atoms with Crippen LogP contribution in [0.15, 0.2) is 22.5 Å². The number of carbonyl (C=O) groups is 1. The first-order valence-corrected chi connectivity index (χ1v) is 11.8. The van der Waals surface area contributed by atoms with Crippen LogP contribution >= 0.6 is 23.1 Å². The first-order valence-electron chi connectivity index (χ1n) is 10.0.